The second-order valence-corrected chi connectivity index (χ2v) is 30.7. The fourth-order valence-corrected chi connectivity index (χ4v) is 14.2. The third-order valence-electron chi connectivity index (χ3n) is 18.1. The highest BCUT2D eigenvalue weighted by molar-refractivity contribution is 7.98. The van der Waals surface area contributed by atoms with E-state index in [4.69, 9.17) is 17.2 Å². The number of unbranched alkanes of at least 4 members (excludes halogenated alkanes) is 1. The van der Waals surface area contributed by atoms with Crippen molar-refractivity contribution in [3.05, 3.63) is 102 Å². The number of hydrogen-bond donors (Lipinski definition) is 13. The largest absolute Gasteiger partial charge is 0.368 e. The Morgan fingerprint density at radius 3 is 1.61 bits per heavy atom. The van der Waals surface area contributed by atoms with Crippen LogP contribution in [0, 0.1) is 30.6 Å². The first kappa shape index (κ1) is 84.6. The Labute approximate surface area is 605 Å². The third-order valence-corrected chi connectivity index (χ3v) is 20.2. The molecule has 3 aromatic rings. The van der Waals surface area contributed by atoms with Crippen molar-refractivity contribution in [2.24, 2.45) is 40.9 Å². The van der Waals surface area contributed by atoms with Gasteiger partial charge in [-0.15, -0.1) is 0 Å². The monoisotopic (exact) mass is 1460 g/mol. The van der Waals surface area contributed by atoms with Crippen molar-refractivity contribution in [3.8, 4) is 0 Å². The van der Waals surface area contributed by atoms with E-state index in [0.717, 1.165) is 11.1 Å². The van der Waals surface area contributed by atoms with Gasteiger partial charge in [0.15, 0.2) is 0 Å². The molecular weight excluding hydrogens is 1350 g/mol. The van der Waals surface area contributed by atoms with Crippen LogP contribution in [0.3, 0.4) is 0 Å². The first-order valence-corrected chi connectivity index (χ1v) is 38.3. The summed E-state index contributed by atoms with van der Waals surface area (Å²) in [5, 5.41) is 25.0. The van der Waals surface area contributed by atoms with Gasteiger partial charge in [0.1, 0.15) is 48.3 Å². The number of carbonyl (C=O) groups excluding carboxylic acids is 11. The molecule has 102 heavy (non-hydrogen) atoms. The fraction of sp³-hybridized carbons (Fsp3) is 0.597. The lowest BCUT2D eigenvalue weighted by atomic mass is 9.97. The Kier molecular flexibility index (Phi) is 34.8. The summed E-state index contributed by atoms with van der Waals surface area (Å²) < 4.78 is 31.3. The zero-order valence-corrected chi connectivity index (χ0v) is 62.4. The van der Waals surface area contributed by atoms with Crippen LogP contribution in [0.25, 0.3) is 0 Å². The smallest absolute Gasteiger partial charge is 0.243 e. The van der Waals surface area contributed by atoms with Crippen LogP contribution in [0.1, 0.15) is 130 Å². The number of sulfonamides is 1. The van der Waals surface area contributed by atoms with Gasteiger partial charge in [0.05, 0.1) is 24.0 Å². The summed E-state index contributed by atoms with van der Waals surface area (Å²) in [6.45, 7) is 15.7. The molecule has 11 atom stereocenters. The Bertz CT molecular complexity index is 3390. The van der Waals surface area contributed by atoms with Crippen molar-refractivity contribution in [3.63, 3.8) is 0 Å². The van der Waals surface area contributed by atoms with Gasteiger partial charge < -0.3 is 70.0 Å². The molecule has 0 aliphatic carbocycles. The maximum Gasteiger partial charge on any atom is 0.243 e. The maximum absolute atomic E-state index is 15.0. The van der Waals surface area contributed by atoms with E-state index in [1.54, 1.807) is 94.4 Å². The molecule has 0 aromatic heterocycles. The molecule has 28 nitrogen and oxygen atoms in total. The van der Waals surface area contributed by atoms with Gasteiger partial charge in [-0.1, -0.05) is 134 Å². The Morgan fingerprint density at radius 1 is 0.559 bits per heavy atom. The standard InChI is InChI=1S/C72H111N15O13S2/c1-43(2)36-55(77-60(88)40-74)67(93)78-53(31-35-101-10)66(92)83-62(45(5)6)71(97)76-41-61(89)86-34-30-51(85-102(99,100)50-28-26-47(9)27-29-50)59(42-86)87-33-19-25-58(87)70(96)79-52(24-17-18-32-73)65(91)81-56(37-44(3)4)69(95)84-63(46(7)8)72(98)82-57(39-49-22-15-12-16-23-49)68(94)80-54(64(75)90)38-48-20-13-11-14-21-48/h11-16,20-23,26-29,43-46,51-59,62-63,85H,17-19,24-25,30-42,73-74H2,1-10H3,(H2,75,90)(H,76,97)(H,77,88)(H,78,93)(H,79,96)(H,80,94)(H,81,91)(H,82,98)(H,83,92)(H,84,95)/t51-,52+,53+,54+,55+,56+,57+,58+,59-,62+,63+/m1/s1. The Morgan fingerprint density at radius 2 is 1.06 bits per heavy atom. The summed E-state index contributed by atoms with van der Waals surface area (Å²) >= 11 is 1.44. The molecule has 0 spiro atoms. The van der Waals surface area contributed by atoms with Crippen LogP contribution in [-0.4, -0.2) is 201 Å². The minimum Gasteiger partial charge on any atom is -0.368 e. The van der Waals surface area contributed by atoms with Crippen molar-refractivity contribution < 1.29 is 61.2 Å². The SMILES string of the molecule is CSCC[C@H](NC(=O)[C@H](CC(C)C)NC(=O)CN)C(=O)N[C@H](C(=O)NCC(=O)N1CC[C@@H](NS(=O)(=O)c2ccc(C)cc2)[C@H](N2CCC[C@H]2C(=O)N[C@@H](CCCCN)C(=O)N[C@@H](CC(C)C)C(=O)N[C@H](C(=O)N[C@@H](Cc2ccccc2)C(=O)N[C@@H](Cc2ccccc2)C(N)=O)C(C)C)C1)C(C)C. The molecule has 564 valence electrons. The Balaban J connectivity index is 1.35. The van der Waals surface area contributed by atoms with E-state index < -0.39 is 160 Å². The first-order chi connectivity index (χ1) is 48.4. The summed E-state index contributed by atoms with van der Waals surface area (Å²) in [6, 6.07) is 12.3. The quantitative estimate of drug-likeness (QED) is 0.0351. The highest BCUT2D eigenvalue weighted by Gasteiger charge is 2.45. The van der Waals surface area contributed by atoms with Gasteiger partial charge in [-0.05, 0) is 137 Å². The van der Waals surface area contributed by atoms with E-state index in [-0.39, 0.29) is 101 Å². The average Bonchev–Trinajstić information content (AvgIpc) is 1.55. The van der Waals surface area contributed by atoms with Crippen LogP contribution in [0.2, 0.25) is 0 Å². The van der Waals surface area contributed by atoms with Crippen molar-refractivity contribution in [2.75, 3.05) is 51.3 Å². The number of nitrogens with one attached hydrogen (secondary N) is 10. The number of nitrogens with zero attached hydrogens (tertiary/aromatic N) is 2. The number of thioether (sulfide) groups is 1. The van der Waals surface area contributed by atoms with Crippen LogP contribution in [0.4, 0.5) is 0 Å². The zero-order valence-electron chi connectivity index (χ0n) is 60.7. The molecule has 2 saturated heterocycles. The molecule has 30 heteroatoms. The molecule has 16 N–H and O–H groups in total. The maximum atomic E-state index is 15.0. The number of amides is 11. The fourth-order valence-electron chi connectivity index (χ4n) is 12.4. The number of hydrogen-bond acceptors (Lipinski definition) is 17. The van der Waals surface area contributed by atoms with E-state index >= 15 is 0 Å². The van der Waals surface area contributed by atoms with E-state index in [1.165, 1.54) is 28.8 Å². The lowest BCUT2D eigenvalue weighted by molar-refractivity contribution is -0.138. The van der Waals surface area contributed by atoms with E-state index in [9.17, 15) is 61.2 Å². The molecule has 11 amide bonds. The number of piperidine rings is 1. The van der Waals surface area contributed by atoms with Gasteiger partial charge in [0, 0.05) is 38.0 Å². The molecular formula is C72H111N15O13S2. The van der Waals surface area contributed by atoms with Crippen LogP contribution in [-0.2, 0) is 75.6 Å². The highest BCUT2D eigenvalue weighted by atomic mass is 32.2. The summed E-state index contributed by atoms with van der Waals surface area (Å²) in [5.74, 6) is -7.93. The first-order valence-electron chi connectivity index (χ1n) is 35.4. The van der Waals surface area contributed by atoms with Crippen LogP contribution in [0.15, 0.2) is 89.8 Å². The highest BCUT2D eigenvalue weighted by Crippen LogP contribution is 2.28. The van der Waals surface area contributed by atoms with Crippen molar-refractivity contribution in [1.82, 2.24) is 62.4 Å². The number of rotatable bonds is 41. The second-order valence-electron chi connectivity index (χ2n) is 28.0. The molecule has 0 saturated carbocycles. The molecule has 3 aromatic carbocycles. The molecule has 2 aliphatic rings. The number of nitrogens with two attached hydrogens (primary N) is 3. The van der Waals surface area contributed by atoms with Gasteiger partial charge in [0.2, 0.25) is 75.0 Å². The summed E-state index contributed by atoms with van der Waals surface area (Å²) in [4.78, 5) is 157. The number of aryl methyl sites for hydroxylation is 1. The van der Waals surface area contributed by atoms with Gasteiger partial charge >= 0.3 is 0 Å². The normalized spacial score (nSPS) is 18.0. The van der Waals surface area contributed by atoms with Gasteiger partial charge in [0.25, 0.3) is 0 Å². The minimum atomic E-state index is -4.19. The number of likely N-dealkylation sites (tertiary alicyclic amines) is 2. The average molecular weight is 1460 g/mol. The van der Waals surface area contributed by atoms with E-state index in [1.807, 2.05) is 51.8 Å². The molecule has 0 bridgehead atoms. The predicted octanol–water partition coefficient (Wildman–Crippen LogP) is 0.918. The molecule has 5 rings (SSSR count). The summed E-state index contributed by atoms with van der Waals surface area (Å²) in [7, 11) is -4.19. The van der Waals surface area contributed by atoms with E-state index in [2.05, 4.69) is 52.6 Å². The number of primary amides is 1. The van der Waals surface area contributed by atoms with Gasteiger partial charge in [-0.25, -0.2) is 13.1 Å². The third kappa shape index (κ3) is 27.0. The van der Waals surface area contributed by atoms with Gasteiger partial charge in [-0.3, -0.25) is 57.6 Å². The van der Waals surface area contributed by atoms with Crippen LogP contribution in [0.5, 0.6) is 0 Å². The Hall–Kier alpha value is -8.03. The zero-order chi connectivity index (χ0) is 75.4. The topological polar surface area (TPSA) is 427 Å². The second kappa shape index (κ2) is 41.9. The van der Waals surface area contributed by atoms with Crippen LogP contribution >= 0.6 is 11.8 Å². The molecule has 0 unspecified atom stereocenters. The minimum absolute atomic E-state index is 0.00173. The summed E-state index contributed by atoms with van der Waals surface area (Å²) in [6.07, 6.45) is 4.31. The number of benzene rings is 3. The van der Waals surface area contributed by atoms with Crippen molar-refractivity contribution >= 4 is 86.8 Å². The van der Waals surface area contributed by atoms with Crippen molar-refractivity contribution in [1.29, 1.82) is 0 Å². The molecule has 2 aliphatic heterocycles. The van der Waals surface area contributed by atoms with Crippen LogP contribution < -0.4 is 69.8 Å². The van der Waals surface area contributed by atoms with E-state index in [0.29, 0.717) is 30.6 Å². The molecule has 0 radical (unpaired) electrons. The van der Waals surface area contributed by atoms with Gasteiger partial charge in [-0.2, -0.15) is 11.8 Å². The molecule has 2 fully saturated rings. The summed E-state index contributed by atoms with van der Waals surface area (Å²) in [5.41, 5.74) is 19.5. The van der Waals surface area contributed by atoms with Crippen molar-refractivity contribution in [2.45, 2.75) is 204 Å². The predicted molar refractivity (Wildman–Crippen MR) is 391 cm³/mol. The molecule has 2 heterocycles. The number of carbonyl (C=O) groups is 11. The lowest BCUT2D eigenvalue weighted by Gasteiger charge is -2.44. The lowest BCUT2D eigenvalue weighted by Crippen LogP contribution is -2.65.